The molecule has 2 N–H and O–H groups in total. The van der Waals surface area contributed by atoms with Crippen molar-refractivity contribution in [2.45, 2.75) is 19.9 Å². The van der Waals surface area contributed by atoms with Crippen LogP contribution in [0.3, 0.4) is 0 Å². The zero-order valence-corrected chi connectivity index (χ0v) is 13.9. The van der Waals surface area contributed by atoms with Crippen LogP contribution in [-0.2, 0) is 10.0 Å². The molecule has 0 aliphatic carbocycles. The molecule has 1 aromatic carbocycles. The van der Waals surface area contributed by atoms with Crippen LogP contribution in [0.1, 0.15) is 22.7 Å². The first-order valence-corrected chi connectivity index (χ1v) is 9.14. The van der Waals surface area contributed by atoms with E-state index in [9.17, 15) is 8.42 Å². The van der Waals surface area contributed by atoms with Crippen LogP contribution in [0.15, 0.2) is 18.2 Å². The van der Waals surface area contributed by atoms with E-state index in [0.717, 1.165) is 13.1 Å². The number of rotatable bonds is 4. The number of aryl methyl sites for hydroxylation is 2. The molecule has 21 heavy (non-hydrogen) atoms. The van der Waals surface area contributed by atoms with Crippen molar-refractivity contribution < 1.29 is 8.42 Å². The summed E-state index contributed by atoms with van der Waals surface area (Å²) in [5.41, 5.74) is 9.80. The maximum atomic E-state index is 11.6. The van der Waals surface area contributed by atoms with Gasteiger partial charge in [0.05, 0.1) is 6.26 Å². The number of nitrogens with two attached hydrogens (primary N) is 1. The topological polar surface area (TPSA) is 66.6 Å². The fourth-order valence-corrected chi connectivity index (χ4v) is 3.98. The average Bonchev–Trinajstić information content (AvgIpc) is 2.42. The molecule has 1 heterocycles. The normalized spacial score (nSPS) is 19.6. The minimum absolute atomic E-state index is 0.160. The van der Waals surface area contributed by atoms with Crippen molar-refractivity contribution in [2.24, 2.45) is 5.73 Å². The second kappa shape index (κ2) is 6.44. The second-order valence-electron chi connectivity index (χ2n) is 5.75. The summed E-state index contributed by atoms with van der Waals surface area (Å²) in [7, 11) is -3.09. The maximum absolute atomic E-state index is 11.6. The van der Waals surface area contributed by atoms with Crippen molar-refractivity contribution in [3.8, 4) is 0 Å². The third-order valence-electron chi connectivity index (χ3n) is 4.28. The Kier molecular flexibility index (Phi) is 5.03. The summed E-state index contributed by atoms with van der Waals surface area (Å²) >= 11 is 0. The molecule has 1 aromatic rings. The van der Waals surface area contributed by atoms with E-state index >= 15 is 0 Å². The van der Waals surface area contributed by atoms with Crippen LogP contribution < -0.4 is 5.73 Å². The van der Waals surface area contributed by atoms with Gasteiger partial charge in [0.2, 0.25) is 10.0 Å². The molecule has 0 bridgehead atoms. The molecule has 118 valence electrons. The third-order valence-corrected chi connectivity index (χ3v) is 5.58. The Hall–Kier alpha value is -0.950. The molecule has 1 unspecified atom stereocenters. The van der Waals surface area contributed by atoms with E-state index in [-0.39, 0.29) is 6.04 Å². The van der Waals surface area contributed by atoms with E-state index in [1.807, 2.05) is 0 Å². The van der Waals surface area contributed by atoms with Crippen LogP contribution in [0, 0.1) is 13.8 Å². The van der Waals surface area contributed by atoms with E-state index in [1.165, 1.54) is 22.9 Å². The smallest absolute Gasteiger partial charge is 0.211 e. The number of benzene rings is 1. The van der Waals surface area contributed by atoms with Crippen LogP contribution in [0.2, 0.25) is 0 Å². The standard InChI is InChI=1S/C15H25N3O2S/c1-12-5-4-6-13(2)15(12)14(11-16)17-7-9-18(10-8-17)21(3,19)20/h4-6,14H,7-11,16H2,1-3H3. The summed E-state index contributed by atoms with van der Waals surface area (Å²) in [5.74, 6) is 0. The van der Waals surface area contributed by atoms with Gasteiger partial charge in [-0.15, -0.1) is 0 Å². The van der Waals surface area contributed by atoms with Crippen molar-refractivity contribution in [2.75, 3.05) is 39.0 Å². The number of sulfonamides is 1. The van der Waals surface area contributed by atoms with Crippen LogP contribution in [0.4, 0.5) is 0 Å². The predicted molar refractivity (Wildman–Crippen MR) is 85.7 cm³/mol. The zero-order valence-electron chi connectivity index (χ0n) is 13.0. The van der Waals surface area contributed by atoms with Gasteiger partial charge in [-0.25, -0.2) is 8.42 Å². The highest BCUT2D eigenvalue weighted by Gasteiger charge is 2.29. The molecule has 1 atom stereocenters. The highest BCUT2D eigenvalue weighted by Crippen LogP contribution is 2.27. The van der Waals surface area contributed by atoms with Crippen LogP contribution in [0.5, 0.6) is 0 Å². The van der Waals surface area contributed by atoms with Gasteiger partial charge in [-0.2, -0.15) is 4.31 Å². The fourth-order valence-electron chi connectivity index (χ4n) is 3.15. The van der Waals surface area contributed by atoms with E-state index in [0.29, 0.717) is 19.6 Å². The molecule has 1 fully saturated rings. The van der Waals surface area contributed by atoms with Crippen molar-refractivity contribution in [1.29, 1.82) is 0 Å². The Morgan fingerprint density at radius 2 is 1.67 bits per heavy atom. The lowest BCUT2D eigenvalue weighted by Crippen LogP contribution is -2.50. The first-order valence-electron chi connectivity index (χ1n) is 7.30. The predicted octanol–water partition coefficient (Wildman–Crippen LogP) is 0.880. The lowest BCUT2D eigenvalue weighted by atomic mass is 9.94. The monoisotopic (exact) mass is 311 g/mol. The summed E-state index contributed by atoms with van der Waals surface area (Å²) in [6, 6.07) is 6.44. The SMILES string of the molecule is Cc1cccc(C)c1C(CN)N1CCN(S(C)(=O)=O)CC1. The van der Waals surface area contributed by atoms with Crippen molar-refractivity contribution in [1.82, 2.24) is 9.21 Å². The summed E-state index contributed by atoms with van der Waals surface area (Å²) in [4.78, 5) is 2.30. The minimum atomic E-state index is -3.09. The largest absolute Gasteiger partial charge is 0.329 e. The van der Waals surface area contributed by atoms with Gasteiger partial charge in [-0.3, -0.25) is 4.90 Å². The van der Waals surface area contributed by atoms with Crippen LogP contribution in [0.25, 0.3) is 0 Å². The Balaban J connectivity index is 2.17. The van der Waals surface area contributed by atoms with Gasteiger partial charge in [-0.1, -0.05) is 18.2 Å². The van der Waals surface area contributed by atoms with Gasteiger partial charge in [0.25, 0.3) is 0 Å². The molecule has 0 saturated carbocycles. The average molecular weight is 311 g/mol. The molecule has 1 saturated heterocycles. The highest BCUT2D eigenvalue weighted by atomic mass is 32.2. The van der Waals surface area contributed by atoms with E-state index in [1.54, 1.807) is 4.31 Å². The van der Waals surface area contributed by atoms with E-state index in [2.05, 4.69) is 36.9 Å². The Bertz CT molecular complexity index is 573. The van der Waals surface area contributed by atoms with Gasteiger partial charge in [-0.05, 0) is 30.5 Å². The first kappa shape index (κ1) is 16.4. The number of nitrogens with zero attached hydrogens (tertiary/aromatic N) is 2. The van der Waals surface area contributed by atoms with E-state index < -0.39 is 10.0 Å². The van der Waals surface area contributed by atoms with Crippen molar-refractivity contribution >= 4 is 10.0 Å². The number of hydrogen-bond acceptors (Lipinski definition) is 4. The Morgan fingerprint density at radius 3 is 2.10 bits per heavy atom. The molecule has 0 spiro atoms. The fraction of sp³-hybridized carbons (Fsp3) is 0.600. The number of piperazine rings is 1. The van der Waals surface area contributed by atoms with Crippen LogP contribution >= 0.6 is 0 Å². The van der Waals surface area contributed by atoms with Gasteiger partial charge >= 0.3 is 0 Å². The third kappa shape index (κ3) is 3.63. The van der Waals surface area contributed by atoms with Gasteiger partial charge < -0.3 is 5.73 Å². The first-order chi connectivity index (χ1) is 9.84. The highest BCUT2D eigenvalue weighted by molar-refractivity contribution is 7.88. The molecule has 1 aliphatic heterocycles. The molecular formula is C15H25N3O2S. The molecule has 5 nitrogen and oxygen atoms in total. The summed E-state index contributed by atoms with van der Waals surface area (Å²) in [6.45, 7) is 7.30. The van der Waals surface area contributed by atoms with Gasteiger partial charge in [0, 0.05) is 38.8 Å². The van der Waals surface area contributed by atoms with Gasteiger partial charge in [0.15, 0.2) is 0 Å². The minimum Gasteiger partial charge on any atom is -0.329 e. The van der Waals surface area contributed by atoms with Crippen LogP contribution in [-0.4, -0.2) is 56.6 Å². The maximum Gasteiger partial charge on any atom is 0.211 e. The lowest BCUT2D eigenvalue weighted by Gasteiger charge is -2.39. The van der Waals surface area contributed by atoms with Crippen molar-refractivity contribution in [3.05, 3.63) is 34.9 Å². The summed E-state index contributed by atoms with van der Waals surface area (Å²) in [6.07, 6.45) is 1.27. The number of hydrogen-bond donors (Lipinski definition) is 1. The molecule has 1 aliphatic rings. The quantitative estimate of drug-likeness (QED) is 0.896. The Labute approximate surface area is 127 Å². The van der Waals surface area contributed by atoms with Gasteiger partial charge in [0.1, 0.15) is 0 Å². The molecular weight excluding hydrogens is 286 g/mol. The lowest BCUT2D eigenvalue weighted by molar-refractivity contribution is 0.140. The molecule has 0 aromatic heterocycles. The summed E-state index contributed by atoms with van der Waals surface area (Å²) < 4.78 is 24.7. The Morgan fingerprint density at radius 1 is 1.14 bits per heavy atom. The summed E-state index contributed by atoms with van der Waals surface area (Å²) in [5, 5.41) is 0. The van der Waals surface area contributed by atoms with Crippen molar-refractivity contribution in [3.63, 3.8) is 0 Å². The zero-order chi connectivity index (χ0) is 15.6. The van der Waals surface area contributed by atoms with E-state index in [4.69, 9.17) is 5.73 Å². The molecule has 0 amide bonds. The molecule has 6 heteroatoms. The second-order valence-corrected chi connectivity index (χ2v) is 7.74. The molecule has 0 radical (unpaired) electrons. The molecule has 2 rings (SSSR count).